The maximum Gasteiger partial charge on any atom is 0.142 e. The van der Waals surface area contributed by atoms with Crippen LogP contribution in [0.3, 0.4) is 0 Å². The molecule has 0 fully saturated rings. The van der Waals surface area contributed by atoms with E-state index >= 15 is 0 Å². The molecular formula is C14H20N2O. The molecule has 1 aromatic carbocycles. The number of aryl methyl sites for hydroxylation is 1. The van der Waals surface area contributed by atoms with Crippen LogP contribution in [0, 0.1) is 6.92 Å². The van der Waals surface area contributed by atoms with Crippen molar-refractivity contribution in [1.29, 1.82) is 0 Å². The molecule has 0 saturated carbocycles. The van der Waals surface area contributed by atoms with Crippen molar-refractivity contribution in [1.82, 2.24) is 10.3 Å². The van der Waals surface area contributed by atoms with Crippen molar-refractivity contribution in [2.75, 3.05) is 14.2 Å². The normalized spacial score (nSPS) is 12.1. The van der Waals surface area contributed by atoms with E-state index in [0.29, 0.717) is 0 Å². The van der Waals surface area contributed by atoms with Crippen molar-refractivity contribution in [3.05, 3.63) is 29.5 Å². The van der Waals surface area contributed by atoms with Gasteiger partial charge in [0.05, 0.1) is 12.6 Å². The highest BCUT2D eigenvalue weighted by atomic mass is 16.5. The van der Waals surface area contributed by atoms with Gasteiger partial charge in [0.25, 0.3) is 0 Å². The highest BCUT2D eigenvalue weighted by molar-refractivity contribution is 5.92. The Morgan fingerprint density at radius 3 is 2.59 bits per heavy atom. The molecule has 0 spiro atoms. The molecule has 0 unspecified atom stereocenters. The molecule has 0 aliphatic heterocycles. The number of rotatable bonds is 3. The van der Waals surface area contributed by atoms with E-state index < -0.39 is 0 Å². The summed E-state index contributed by atoms with van der Waals surface area (Å²) in [6, 6.07) is 4.11. The smallest absolute Gasteiger partial charge is 0.142 e. The SMILES string of the molecule is CNC(C)(C)c1c[nH]c2c(OC)ccc(C)c12. The number of aromatic amines is 1. The Hall–Kier alpha value is -1.48. The molecule has 0 bridgehead atoms. The molecule has 92 valence electrons. The molecule has 0 aliphatic rings. The van der Waals surface area contributed by atoms with E-state index in [9.17, 15) is 0 Å². The summed E-state index contributed by atoms with van der Waals surface area (Å²) in [6.07, 6.45) is 2.07. The molecule has 0 amide bonds. The van der Waals surface area contributed by atoms with Crippen LogP contribution in [0.15, 0.2) is 18.3 Å². The average molecular weight is 232 g/mol. The van der Waals surface area contributed by atoms with E-state index in [1.165, 1.54) is 16.5 Å². The van der Waals surface area contributed by atoms with Crippen LogP contribution in [0.2, 0.25) is 0 Å². The van der Waals surface area contributed by atoms with Crippen LogP contribution in [0.1, 0.15) is 25.0 Å². The Morgan fingerprint density at radius 1 is 1.29 bits per heavy atom. The largest absolute Gasteiger partial charge is 0.495 e. The molecule has 2 aromatic rings. The van der Waals surface area contributed by atoms with Gasteiger partial charge in [0, 0.05) is 17.1 Å². The van der Waals surface area contributed by atoms with Gasteiger partial charge in [0.1, 0.15) is 5.75 Å². The summed E-state index contributed by atoms with van der Waals surface area (Å²) in [4.78, 5) is 3.32. The second-order valence-corrected chi connectivity index (χ2v) is 4.91. The van der Waals surface area contributed by atoms with E-state index in [0.717, 1.165) is 11.3 Å². The Balaban J connectivity index is 2.76. The van der Waals surface area contributed by atoms with Crippen molar-refractivity contribution in [2.45, 2.75) is 26.3 Å². The van der Waals surface area contributed by atoms with Crippen LogP contribution in [0.4, 0.5) is 0 Å². The Morgan fingerprint density at radius 2 is 2.00 bits per heavy atom. The van der Waals surface area contributed by atoms with E-state index in [2.05, 4.69) is 43.3 Å². The summed E-state index contributed by atoms with van der Waals surface area (Å²) >= 11 is 0. The molecular weight excluding hydrogens is 212 g/mol. The molecule has 0 saturated heterocycles. The van der Waals surface area contributed by atoms with Crippen molar-refractivity contribution >= 4 is 10.9 Å². The maximum atomic E-state index is 5.39. The Kier molecular flexibility index (Phi) is 2.87. The van der Waals surface area contributed by atoms with Gasteiger partial charge in [-0.2, -0.15) is 0 Å². The van der Waals surface area contributed by atoms with E-state index in [1.807, 2.05) is 13.1 Å². The molecule has 1 heterocycles. The molecule has 0 aliphatic carbocycles. The number of nitrogens with one attached hydrogen (secondary N) is 2. The van der Waals surface area contributed by atoms with Crippen molar-refractivity contribution in [2.24, 2.45) is 0 Å². The highest BCUT2D eigenvalue weighted by Crippen LogP contribution is 2.34. The lowest BCUT2D eigenvalue weighted by molar-refractivity contribution is 0.419. The molecule has 17 heavy (non-hydrogen) atoms. The summed E-state index contributed by atoms with van der Waals surface area (Å²) < 4.78 is 5.39. The Bertz CT molecular complexity index is 540. The number of hydrogen-bond acceptors (Lipinski definition) is 2. The summed E-state index contributed by atoms with van der Waals surface area (Å²) in [6.45, 7) is 6.48. The molecule has 0 radical (unpaired) electrons. The average Bonchev–Trinajstić information content (AvgIpc) is 2.76. The summed E-state index contributed by atoms with van der Waals surface area (Å²) in [5, 5.41) is 4.59. The minimum absolute atomic E-state index is 0.0601. The molecule has 2 N–H and O–H groups in total. The first-order valence-corrected chi connectivity index (χ1v) is 5.85. The van der Waals surface area contributed by atoms with Gasteiger partial charge in [-0.05, 0) is 45.0 Å². The second-order valence-electron chi connectivity index (χ2n) is 4.91. The van der Waals surface area contributed by atoms with Crippen LogP contribution in [0.5, 0.6) is 5.75 Å². The third kappa shape index (κ3) is 1.80. The standard InChI is InChI=1S/C14H20N2O/c1-9-6-7-11(17-5)13-12(9)10(8-16-13)14(2,3)15-4/h6-8,15-16H,1-5H3. The molecule has 1 aromatic heterocycles. The fraction of sp³-hybridized carbons (Fsp3) is 0.429. The Labute approximate surface area is 102 Å². The first-order valence-electron chi connectivity index (χ1n) is 5.85. The summed E-state index contributed by atoms with van der Waals surface area (Å²) in [5.41, 5.74) is 3.55. The third-order valence-corrected chi connectivity index (χ3v) is 3.52. The van der Waals surface area contributed by atoms with Crippen molar-refractivity contribution in [3.8, 4) is 5.75 Å². The topological polar surface area (TPSA) is 37.0 Å². The van der Waals surface area contributed by atoms with Gasteiger partial charge in [-0.1, -0.05) is 6.07 Å². The number of benzene rings is 1. The lowest BCUT2D eigenvalue weighted by Gasteiger charge is -2.24. The maximum absolute atomic E-state index is 5.39. The van der Waals surface area contributed by atoms with E-state index in [4.69, 9.17) is 4.74 Å². The van der Waals surface area contributed by atoms with Crippen molar-refractivity contribution in [3.63, 3.8) is 0 Å². The zero-order valence-electron chi connectivity index (χ0n) is 11.1. The minimum Gasteiger partial charge on any atom is -0.495 e. The number of hydrogen-bond donors (Lipinski definition) is 2. The molecule has 0 atom stereocenters. The van der Waals surface area contributed by atoms with Crippen LogP contribution in [-0.2, 0) is 5.54 Å². The van der Waals surface area contributed by atoms with Gasteiger partial charge in [-0.15, -0.1) is 0 Å². The van der Waals surface area contributed by atoms with Crippen LogP contribution in [0.25, 0.3) is 10.9 Å². The van der Waals surface area contributed by atoms with Gasteiger partial charge in [0.15, 0.2) is 0 Å². The number of methoxy groups -OCH3 is 1. The van der Waals surface area contributed by atoms with Gasteiger partial charge >= 0.3 is 0 Å². The highest BCUT2D eigenvalue weighted by Gasteiger charge is 2.23. The van der Waals surface area contributed by atoms with E-state index in [-0.39, 0.29) is 5.54 Å². The number of aromatic nitrogens is 1. The first kappa shape index (κ1) is 12.0. The van der Waals surface area contributed by atoms with Crippen LogP contribution in [-0.4, -0.2) is 19.1 Å². The predicted molar refractivity (Wildman–Crippen MR) is 71.7 cm³/mol. The van der Waals surface area contributed by atoms with Gasteiger partial charge in [-0.3, -0.25) is 0 Å². The summed E-state index contributed by atoms with van der Waals surface area (Å²) in [5.74, 6) is 0.892. The zero-order chi connectivity index (χ0) is 12.6. The number of fused-ring (bicyclic) bond motifs is 1. The van der Waals surface area contributed by atoms with Crippen LogP contribution < -0.4 is 10.1 Å². The van der Waals surface area contributed by atoms with Gasteiger partial charge < -0.3 is 15.0 Å². The fourth-order valence-electron chi connectivity index (χ4n) is 2.19. The number of H-pyrrole nitrogens is 1. The van der Waals surface area contributed by atoms with Gasteiger partial charge in [-0.25, -0.2) is 0 Å². The molecule has 3 nitrogen and oxygen atoms in total. The lowest BCUT2D eigenvalue weighted by atomic mass is 9.92. The third-order valence-electron chi connectivity index (χ3n) is 3.52. The summed E-state index contributed by atoms with van der Waals surface area (Å²) in [7, 11) is 3.68. The van der Waals surface area contributed by atoms with E-state index in [1.54, 1.807) is 7.11 Å². The minimum atomic E-state index is -0.0601. The van der Waals surface area contributed by atoms with Gasteiger partial charge in [0.2, 0.25) is 0 Å². The first-order chi connectivity index (χ1) is 8.01. The molecule has 2 rings (SSSR count). The number of ether oxygens (including phenoxy) is 1. The fourth-order valence-corrected chi connectivity index (χ4v) is 2.19. The lowest BCUT2D eigenvalue weighted by Crippen LogP contribution is -2.32. The monoisotopic (exact) mass is 232 g/mol. The van der Waals surface area contributed by atoms with Crippen LogP contribution >= 0.6 is 0 Å². The predicted octanol–water partition coefficient (Wildman–Crippen LogP) is 2.94. The zero-order valence-corrected chi connectivity index (χ0v) is 11.1. The quantitative estimate of drug-likeness (QED) is 0.853. The second kappa shape index (κ2) is 4.08. The molecule has 3 heteroatoms. The van der Waals surface area contributed by atoms with Crippen molar-refractivity contribution < 1.29 is 4.74 Å².